The first-order chi connectivity index (χ1) is 9.49. The number of benzene rings is 2. The molecule has 2 N–H and O–H groups in total. The molecule has 0 atom stereocenters. The van der Waals surface area contributed by atoms with E-state index in [1.807, 2.05) is 0 Å². The molecule has 0 radical (unpaired) electrons. The Labute approximate surface area is 129 Å². The van der Waals surface area contributed by atoms with Gasteiger partial charge < -0.3 is 5.73 Å². The summed E-state index contributed by atoms with van der Waals surface area (Å²) in [5, 5.41) is 0. The Morgan fingerprint density at radius 1 is 1.10 bits per heavy atom. The SMILES string of the molecule is Nc1nc2ccc(F)c(F)c2n1-c1ccc(Br)cc1Br. The van der Waals surface area contributed by atoms with Gasteiger partial charge in [-0.25, -0.2) is 13.8 Å². The molecule has 20 heavy (non-hydrogen) atoms. The number of nitrogens with zero attached hydrogens (tertiary/aromatic N) is 2. The van der Waals surface area contributed by atoms with Crippen LogP contribution in [0.1, 0.15) is 0 Å². The minimum absolute atomic E-state index is 0.0190. The van der Waals surface area contributed by atoms with Gasteiger partial charge in [-0.15, -0.1) is 0 Å². The summed E-state index contributed by atoms with van der Waals surface area (Å²) in [7, 11) is 0. The van der Waals surface area contributed by atoms with E-state index < -0.39 is 11.6 Å². The van der Waals surface area contributed by atoms with Crippen molar-refractivity contribution in [3.8, 4) is 5.69 Å². The highest BCUT2D eigenvalue weighted by atomic mass is 79.9. The van der Waals surface area contributed by atoms with Gasteiger partial charge in [0, 0.05) is 8.95 Å². The predicted molar refractivity (Wildman–Crippen MR) is 80.8 cm³/mol. The monoisotopic (exact) mass is 401 g/mol. The molecule has 0 spiro atoms. The van der Waals surface area contributed by atoms with Gasteiger partial charge in [-0.1, -0.05) is 15.9 Å². The zero-order chi connectivity index (χ0) is 14.4. The lowest BCUT2D eigenvalue weighted by atomic mass is 10.2. The largest absolute Gasteiger partial charge is 0.369 e. The van der Waals surface area contributed by atoms with Crippen LogP contribution in [-0.4, -0.2) is 9.55 Å². The van der Waals surface area contributed by atoms with E-state index in [0.717, 1.165) is 10.5 Å². The Morgan fingerprint density at radius 3 is 2.55 bits per heavy atom. The van der Waals surface area contributed by atoms with E-state index in [9.17, 15) is 8.78 Å². The van der Waals surface area contributed by atoms with Crippen LogP contribution in [0, 0.1) is 11.6 Å². The van der Waals surface area contributed by atoms with Crippen LogP contribution in [0.4, 0.5) is 14.7 Å². The summed E-state index contributed by atoms with van der Waals surface area (Å²) in [6.45, 7) is 0. The summed E-state index contributed by atoms with van der Waals surface area (Å²) in [6, 6.07) is 7.73. The molecule has 0 fully saturated rings. The van der Waals surface area contributed by atoms with Crippen LogP contribution in [0.3, 0.4) is 0 Å². The second-order valence-corrected chi connectivity index (χ2v) is 5.90. The normalized spacial score (nSPS) is 11.2. The van der Waals surface area contributed by atoms with Crippen molar-refractivity contribution in [2.24, 2.45) is 0 Å². The van der Waals surface area contributed by atoms with Crippen LogP contribution in [0.5, 0.6) is 0 Å². The summed E-state index contributed by atoms with van der Waals surface area (Å²) >= 11 is 6.71. The van der Waals surface area contributed by atoms with Gasteiger partial charge in [0.25, 0.3) is 0 Å². The number of hydrogen-bond acceptors (Lipinski definition) is 2. The van der Waals surface area contributed by atoms with Gasteiger partial charge in [-0.05, 0) is 46.3 Å². The standard InChI is InChI=1S/C13H7Br2F2N3/c14-6-1-4-10(7(15)5-6)20-12-9(19-13(20)18)3-2-8(16)11(12)17/h1-5H,(H2,18,19). The minimum atomic E-state index is -0.971. The third kappa shape index (κ3) is 2.01. The van der Waals surface area contributed by atoms with Gasteiger partial charge in [0.1, 0.15) is 5.52 Å². The molecular formula is C13H7Br2F2N3. The highest BCUT2D eigenvalue weighted by Crippen LogP contribution is 2.32. The average molecular weight is 403 g/mol. The van der Waals surface area contributed by atoms with Crippen molar-refractivity contribution in [2.75, 3.05) is 5.73 Å². The first-order valence-corrected chi connectivity index (χ1v) is 7.15. The maximum absolute atomic E-state index is 14.1. The second-order valence-electron chi connectivity index (χ2n) is 4.13. The number of fused-ring (bicyclic) bond motifs is 1. The van der Waals surface area contributed by atoms with E-state index in [0.29, 0.717) is 15.7 Å². The summed E-state index contributed by atoms with van der Waals surface area (Å²) < 4.78 is 30.4. The Kier molecular flexibility index (Phi) is 3.25. The van der Waals surface area contributed by atoms with Gasteiger partial charge in [0.2, 0.25) is 5.95 Å². The van der Waals surface area contributed by atoms with E-state index in [2.05, 4.69) is 36.8 Å². The Morgan fingerprint density at radius 2 is 1.85 bits per heavy atom. The first kappa shape index (κ1) is 13.5. The fourth-order valence-electron chi connectivity index (χ4n) is 2.03. The van der Waals surface area contributed by atoms with Gasteiger partial charge >= 0.3 is 0 Å². The van der Waals surface area contributed by atoms with Crippen LogP contribution >= 0.6 is 31.9 Å². The lowest BCUT2D eigenvalue weighted by Gasteiger charge is -2.10. The van der Waals surface area contributed by atoms with Crippen molar-refractivity contribution in [1.29, 1.82) is 0 Å². The highest BCUT2D eigenvalue weighted by molar-refractivity contribution is 9.11. The average Bonchev–Trinajstić information content (AvgIpc) is 2.72. The molecule has 0 bridgehead atoms. The molecule has 0 saturated heterocycles. The Hall–Kier alpha value is -1.47. The highest BCUT2D eigenvalue weighted by Gasteiger charge is 2.18. The van der Waals surface area contributed by atoms with E-state index >= 15 is 0 Å². The number of anilines is 1. The molecule has 0 aliphatic heterocycles. The summed E-state index contributed by atoms with van der Waals surface area (Å²) in [4.78, 5) is 4.06. The number of halogens is 4. The van der Waals surface area contributed by atoms with E-state index in [1.165, 1.54) is 10.6 Å². The van der Waals surface area contributed by atoms with Crippen LogP contribution in [0.2, 0.25) is 0 Å². The van der Waals surface area contributed by atoms with Crippen molar-refractivity contribution in [3.63, 3.8) is 0 Å². The van der Waals surface area contributed by atoms with Crippen LogP contribution in [0.25, 0.3) is 16.7 Å². The Bertz CT molecular complexity index is 830. The molecule has 0 aliphatic carbocycles. The lowest BCUT2D eigenvalue weighted by molar-refractivity contribution is 0.514. The van der Waals surface area contributed by atoms with Crippen LogP contribution in [0.15, 0.2) is 39.3 Å². The summed E-state index contributed by atoms with van der Waals surface area (Å²) in [5.74, 6) is -1.82. The van der Waals surface area contributed by atoms with Crippen LogP contribution < -0.4 is 5.73 Å². The molecule has 0 aliphatic rings. The molecule has 0 unspecified atom stereocenters. The van der Waals surface area contributed by atoms with Gasteiger partial charge in [0.15, 0.2) is 11.6 Å². The second kappa shape index (κ2) is 4.82. The van der Waals surface area contributed by atoms with Crippen molar-refractivity contribution in [1.82, 2.24) is 9.55 Å². The zero-order valence-electron chi connectivity index (χ0n) is 9.87. The number of hydrogen-bond donors (Lipinski definition) is 1. The van der Waals surface area contributed by atoms with Gasteiger partial charge in [0.05, 0.1) is 11.2 Å². The van der Waals surface area contributed by atoms with Crippen molar-refractivity contribution < 1.29 is 8.78 Å². The fourth-order valence-corrected chi connectivity index (χ4v) is 3.25. The summed E-state index contributed by atoms with van der Waals surface area (Å²) in [5.41, 5.74) is 6.74. The lowest BCUT2D eigenvalue weighted by Crippen LogP contribution is -2.03. The topological polar surface area (TPSA) is 43.8 Å². The molecule has 102 valence electrons. The number of nitrogen functional groups attached to an aromatic ring is 1. The maximum Gasteiger partial charge on any atom is 0.206 e. The van der Waals surface area contributed by atoms with E-state index in [-0.39, 0.29) is 11.5 Å². The predicted octanol–water partition coefficient (Wildman–Crippen LogP) is 4.41. The number of rotatable bonds is 1. The molecule has 0 saturated carbocycles. The number of nitrogens with two attached hydrogens (primary N) is 1. The molecule has 3 rings (SSSR count). The number of imidazole rings is 1. The van der Waals surface area contributed by atoms with Crippen molar-refractivity contribution >= 4 is 48.8 Å². The van der Waals surface area contributed by atoms with Gasteiger partial charge in [-0.3, -0.25) is 4.57 Å². The minimum Gasteiger partial charge on any atom is -0.369 e. The molecule has 2 aromatic carbocycles. The molecule has 1 heterocycles. The fraction of sp³-hybridized carbons (Fsp3) is 0. The van der Waals surface area contributed by atoms with Crippen molar-refractivity contribution in [3.05, 3.63) is 50.9 Å². The molecule has 0 amide bonds. The first-order valence-electron chi connectivity index (χ1n) is 5.56. The van der Waals surface area contributed by atoms with Gasteiger partial charge in [-0.2, -0.15) is 0 Å². The summed E-state index contributed by atoms with van der Waals surface area (Å²) in [6.07, 6.45) is 0. The third-order valence-electron chi connectivity index (χ3n) is 2.89. The van der Waals surface area contributed by atoms with E-state index in [4.69, 9.17) is 5.73 Å². The molecule has 3 nitrogen and oxygen atoms in total. The maximum atomic E-state index is 14.1. The molecule has 1 aromatic heterocycles. The number of aromatic nitrogens is 2. The smallest absolute Gasteiger partial charge is 0.206 e. The molecule has 3 aromatic rings. The van der Waals surface area contributed by atoms with Crippen molar-refractivity contribution in [2.45, 2.75) is 0 Å². The zero-order valence-corrected chi connectivity index (χ0v) is 13.0. The van der Waals surface area contributed by atoms with Crippen LogP contribution in [-0.2, 0) is 0 Å². The third-order valence-corrected chi connectivity index (χ3v) is 4.01. The Balaban J connectivity index is 2.41. The molecular weight excluding hydrogens is 396 g/mol. The van der Waals surface area contributed by atoms with E-state index in [1.54, 1.807) is 18.2 Å². The molecule has 7 heteroatoms. The quantitative estimate of drug-likeness (QED) is 0.655.